The summed E-state index contributed by atoms with van der Waals surface area (Å²) in [5.41, 5.74) is 3.53. The lowest BCUT2D eigenvalue weighted by atomic mass is 9.49. The molecular formula is C31H56. The molecule has 0 aromatic carbocycles. The van der Waals surface area contributed by atoms with Gasteiger partial charge in [0.05, 0.1) is 0 Å². The molecule has 3 saturated carbocycles. The van der Waals surface area contributed by atoms with Crippen LogP contribution in [-0.4, -0.2) is 0 Å². The minimum Gasteiger partial charge on any atom is -0.100 e. The van der Waals surface area contributed by atoms with Gasteiger partial charge >= 0.3 is 0 Å². The average molecular weight is 429 g/mol. The number of fused-ring (bicyclic) bond motifs is 2. The first kappa shape index (κ1) is 25.4. The van der Waals surface area contributed by atoms with Crippen molar-refractivity contribution < 1.29 is 0 Å². The van der Waals surface area contributed by atoms with Crippen LogP contribution in [0.25, 0.3) is 0 Å². The van der Waals surface area contributed by atoms with Gasteiger partial charge in [-0.2, -0.15) is 0 Å². The Labute approximate surface area is 196 Å². The quantitative estimate of drug-likeness (QED) is 0.382. The smallest absolute Gasteiger partial charge is 0.0241 e. The van der Waals surface area contributed by atoms with Gasteiger partial charge in [0, 0.05) is 0 Å². The standard InChI is InChI=1S/C31H56/c1-23(2)13-10-14-24(3)26-17-22-30(8)19-11-15-27-28(5,6)25(4)16-21-29(27,7)18-12-20-31(26,30)9/h24-27H,1,10-22H2,2-9H3/t24-,25+,26-,27+,29+,30-,31-/m1/s1. The molecule has 0 radical (unpaired) electrons. The predicted molar refractivity (Wildman–Crippen MR) is 138 cm³/mol. The summed E-state index contributed by atoms with van der Waals surface area (Å²) in [7, 11) is 0. The van der Waals surface area contributed by atoms with Gasteiger partial charge in [0.15, 0.2) is 0 Å². The van der Waals surface area contributed by atoms with Gasteiger partial charge in [0.1, 0.15) is 0 Å². The van der Waals surface area contributed by atoms with Crippen molar-refractivity contribution in [1.82, 2.24) is 0 Å². The molecule has 3 fully saturated rings. The van der Waals surface area contributed by atoms with E-state index in [4.69, 9.17) is 0 Å². The van der Waals surface area contributed by atoms with Crippen LogP contribution >= 0.6 is 0 Å². The van der Waals surface area contributed by atoms with E-state index in [1.54, 1.807) is 0 Å². The van der Waals surface area contributed by atoms with Crippen LogP contribution in [0.15, 0.2) is 12.2 Å². The summed E-state index contributed by atoms with van der Waals surface area (Å²) in [4.78, 5) is 0. The predicted octanol–water partition coefficient (Wildman–Crippen LogP) is 10.2. The highest BCUT2D eigenvalue weighted by atomic mass is 14.6. The van der Waals surface area contributed by atoms with Gasteiger partial charge < -0.3 is 0 Å². The van der Waals surface area contributed by atoms with Crippen molar-refractivity contribution in [2.24, 2.45) is 45.3 Å². The van der Waals surface area contributed by atoms with Gasteiger partial charge in [-0.1, -0.05) is 73.3 Å². The van der Waals surface area contributed by atoms with Gasteiger partial charge in [-0.05, 0) is 116 Å². The lowest BCUT2D eigenvalue weighted by Crippen LogP contribution is -2.47. The Morgan fingerprint density at radius 3 is 2.29 bits per heavy atom. The summed E-state index contributed by atoms with van der Waals surface area (Å²) in [6.45, 7) is 24.8. The zero-order valence-corrected chi connectivity index (χ0v) is 22.7. The Morgan fingerprint density at radius 1 is 0.903 bits per heavy atom. The maximum atomic E-state index is 4.14. The fourth-order valence-electron chi connectivity index (χ4n) is 9.17. The Hall–Kier alpha value is -0.260. The highest BCUT2D eigenvalue weighted by Gasteiger charge is 2.56. The summed E-state index contributed by atoms with van der Waals surface area (Å²) >= 11 is 0. The molecule has 0 aliphatic heterocycles. The first-order valence-electron chi connectivity index (χ1n) is 14.0. The van der Waals surface area contributed by atoms with Crippen LogP contribution in [0.3, 0.4) is 0 Å². The molecule has 31 heavy (non-hydrogen) atoms. The minimum atomic E-state index is 0.506. The maximum absolute atomic E-state index is 4.14. The van der Waals surface area contributed by atoms with Gasteiger partial charge in [-0.15, -0.1) is 6.58 Å². The van der Waals surface area contributed by atoms with E-state index in [0.717, 1.165) is 23.7 Å². The van der Waals surface area contributed by atoms with Crippen molar-refractivity contribution >= 4 is 0 Å². The van der Waals surface area contributed by atoms with Crippen molar-refractivity contribution in [3.8, 4) is 0 Å². The molecule has 0 heterocycles. The second-order valence-corrected chi connectivity index (χ2v) is 14.2. The van der Waals surface area contributed by atoms with Crippen LogP contribution in [0.5, 0.6) is 0 Å². The molecule has 0 spiro atoms. The lowest BCUT2D eigenvalue weighted by Gasteiger charge is -2.56. The molecule has 0 aromatic rings. The summed E-state index contributed by atoms with van der Waals surface area (Å²) < 4.78 is 0. The summed E-state index contributed by atoms with van der Waals surface area (Å²) in [5.74, 6) is 3.58. The normalized spacial score (nSPS) is 44.2. The maximum Gasteiger partial charge on any atom is -0.0241 e. The third-order valence-corrected chi connectivity index (χ3v) is 12.0. The summed E-state index contributed by atoms with van der Waals surface area (Å²) in [6.07, 6.45) is 18.6. The zero-order chi connectivity index (χ0) is 23.1. The number of hydrogen-bond acceptors (Lipinski definition) is 0. The first-order valence-corrected chi connectivity index (χ1v) is 14.0. The summed E-state index contributed by atoms with van der Waals surface area (Å²) in [6, 6.07) is 0. The van der Waals surface area contributed by atoms with Crippen LogP contribution < -0.4 is 0 Å². The number of rotatable bonds is 5. The van der Waals surface area contributed by atoms with E-state index in [1.807, 2.05) is 0 Å². The molecule has 0 heteroatoms. The van der Waals surface area contributed by atoms with Crippen LogP contribution in [0.2, 0.25) is 0 Å². The van der Waals surface area contributed by atoms with Crippen molar-refractivity contribution in [2.75, 3.05) is 0 Å². The molecule has 0 unspecified atom stereocenters. The Kier molecular flexibility index (Phi) is 7.51. The Morgan fingerprint density at radius 2 is 1.61 bits per heavy atom. The second-order valence-electron chi connectivity index (χ2n) is 14.2. The molecule has 0 amide bonds. The highest BCUT2D eigenvalue weighted by Crippen LogP contribution is 2.65. The molecule has 7 atom stereocenters. The fourth-order valence-corrected chi connectivity index (χ4v) is 9.17. The number of allylic oxidation sites excluding steroid dienone is 1. The largest absolute Gasteiger partial charge is 0.100 e. The monoisotopic (exact) mass is 428 g/mol. The first-order chi connectivity index (χ1) is 14.4. The van der Waals surface area contributed by atoms with E-state index in [2.05, 4.69) is 62.0 Å². The molecule has 0 saturated heterocycles. The van der Waals surface area contributed by atoms with E-state index in [1.165, 1.54) is 89.0 Å². The average Bonchev–Trinajstić information content (AvgIpc) is 2.92. The van der Waals surface area contributed by atoms with Crippen LogP contribution in [0.4, 0.5) is 0 Å². The SMILES string of the molecule is C=C(C)CCC[C@@H](C)[C@H]1CC[C@@]2(C)CCC[C@H]3C(C)(C)[C@@H](C)CC[C@]3(C)CCC[C@]12C. The van der Waals surface area contributed by atoms with Gasteiger partial charge in [0.2, 0.25) is 0 Å². The van der Waals surface area contributed by atoms with Crippen molar-refractivity contribution in [2.45, 2.75) is 139 Å². The second kappa shape index (κ2) is 9.18. The third kappa shape index (κ3) is 4.71. The van der Waals surface area contributed by atoms with E-state index >= 15 is 0 Å². The molecule has 3 rings (SSSR count). The fraction of sp³-hybridized carbons (Fsp3) is 0.935. The zero-order valence-electron chi connectivity index (χ0n) is 22.7. The highest BCUT2D eigenvalue weighted by molar-refractivity contribution is 5.06. The molecule has 180 valence electrons. The Bertz CT molecular complexity index is 628. The van der Waals surface area contributed by atoms with E-state index in [0.29, 0.717) is 21.7 Å². The van der Waals surface area contributed by atoms with Crippen molar-refractivity contribution in [3.63, 3.8) is 0 Å². The molecular weight excluding hydrogens is 372 g/mol. The lowest BCUT2D eigenvalue weighted by molar-refractivity contribution is -0.0654. The summed E-state index contributed by atoms with van der Waals surface area (Å²) in [5, 5.41) is 0. The van der Waals surface area contributed by atoms with E-state index < -0.39 is 0 Å². The topological polar surface area (TPSA) is 0 Å². The molecule has 3 aliphatic rings. The molecule has 0 bridgehead atoms. The Balaban J connectivity index is 1.78. The van der Waals surface area contributed by atoms with Gasteiger partial charge in [0.25, 0.3) is 0 Å². The van der Waals surface area contributed by atoms with Crippen molar-refractivity contribution in [3.05, 3.63) is 12.2 Å². The third-order valence-electron chi connectivity index (χ3n) is 12.0. The molecule has 3 aliphatic carbocycles. The number of hydrogen-bond donors (Lipinski definition) is 0. The molecule has 0 N–H and O–H groups in total. The van der Waals surface area contributed by atoms with Crippen LogP contribution in [0, 0.1) is 45.3 Å². The van der Waals surface area contributed by atoms with Crippen molar-refractivity contribution in [1.29, 1.82) is 0 Å². The van der Waals surface area contributed by atoms with Crippen LogP contribution in [-0.2, 0) is 0 Å². The van der Waals surface area contributed by atoms with Crippen LogP contribution in [0.1, 0.15) is 139 Å². The molecule has 0 aromatic heterocycles. The van der Waals surface area contributed by atoms with E-state index in [9.17, 15) is 0 Å². The van der Waals surface area contributed by atoms with E-state index in [-0.39, 0.29) is 0 Å². The molecule has 0 nitrogen and oxygen atoms in total. The van der Waals surface area contributed by atoms with Gasteiger partial charge in [-0.25, -0.2) is 0 Å². The van der Waals surface area contributed by atoms with Gasteiger partial charge in [-0.3, -0.25) is 0 Å². The minimum absolute atomic E-state index is 0.506.